The first-order valence-electron chi connectivity index (χ1n) is 9.16. The van der Waals surface area contributed by atoms with Gasteiger partial charge >= 0.3 is 6.03 Å². The number of piperazine rings is 1. The van der Waals surface area contributed by atoms with Crippen LogP contribution >= 0.6 is 0 Å². The van der Waals surface area contributed by atoms with E-state index in [-0.39, 0.29) is 12.1 Å². The van der Waals surface area contributed by atoms with E-state index in [9.17, 15) is 13.6 Å². The van der Waals surface area contributed by atoms with Crippen LogP contribution in [0, 0.1) is 11.8 Å². The van der Waals surface area contributed by atoms with E-state index < -0.39 is 17.8 Å². The van der Waals surface area contributed by atoms with Crippen LogP contribution in [0.15, 0.2) is 36.5 Å². The average molecular weight is 390 g/mol. The number of carbonyl (C=O) groups is 1. The molecule has 0 radical (unpaired) electrons. The van der Waals surface area contributed by atoms with Crippen LogP contribution in [0.2, 0.25) is 0 Å². The molecule has 2 heterocycles. The molecule has 1 aromatic heterocycles. The Morgan fingerprint density at radius 3 is 2.75 bits per heavy atom. The number of urea groups is 1. The van der Waals surface area contributed by atoms with E-state index in [1.165, 1.54) is 31.5 Å². The molecule has 1 N–H and O–H groups in total. The van der Waals surface area contributed by atoms with Gasteiger partial charge in [0.25, 0.3) is 0 Å². The highest BCUT2D eigenvalue weighted by Gasteiger charge is 2.29. The monoisotopic (exact) mass is 390 g/mol. The van der Waals surface area contributed by atoms with Gasteiger partial charge in [-0.25, -0.2) is 14.2 Å². The van der Waals surface area contributed by atoms with Gasteiger partial charge in [-0.15, -0.1) is 0 Å². The number of rotatable bonds is 4. The summed E-state index contributed by atoms with van der Waals surface area (Å²) in [6, 6.07) is 6.72. The van der Waals surface area contributed by atoms with Crippen LogP contribution in [0.4, 0.5) is 19.3 Å². The highest BCUT2D eigenvalue weighted by atomic mass is 19.1. The van der Waals surface area contributed by atoms with Gasteiger partial charge in [-0.05, 0) is 38.1 Å². The van der Waals surface area contributed by atoms with Crippen molar-refractivity contribution >= 4 is 11.7 Å². The van der Waals surface area contributed by atoms with E-state index in [2.05, 4.69) is 10.3 Å². The molecule has 1 fully saturated rings. The molecule has 1 saturated heterocycles. The Morgan fingerprint density at radius 1 is 1.29 bits per heavy atom. The lowest BCUT2D eigenvalue weighted by Gasteiger charge is -2.41. The number of pyridine rings is 1. The topological polar surface area (TPSA) is 57.7 Å². The lowest BCUT2D eigenvalue weighted by atomic mass is 10.1. The summed E-state index contributed by atoms with van der Waals surface area (Å²) in [5.74, 6) is -0.394. The van der Waals surface area contributed by atoms with Crippen molar-refractivity contribution in [3.8, 4) is 5.75 Å². The van der Waals surface area contributed by atoms with Crippen LogP contribution in [0.5, 0.6) is 5.75 Å². The number of nitrogens with zero attached hydrogens (tertiary/aromatic N) is 3. The molecule has 0 bridgehead atoms. The Balaban J connectivity index is 1.64. The minimum atomic E-state index is -0.528. The molecular formula is C20H24F2N4O2. The second-order valence-electron chi connectivity index (χ2n) is 6.88. The lowest BCUT2D eigenvalue weighted by molar-refractivity contribution is 0.168. The highest BCUT2D eigenvalue weighted by Crippen LogP contribution is 2.24. The van der Waals surface area contributed by atoms with E-state index in [0.717, 1.165) is 5.69 Å². The molecule has 3 rings (SSSR count). The van der Waals surface area contributed by atoms with Crippen molar-refractivity contribution in [2.75, 3.05) is 31.6 Å². The largest absolute Gasteiger partial charge is 0.497 e. The van der Waals surface area contributed by atoms with Crippen molar-refractivity contribution in [1.29, 1.82) is 0 Å². The summed E-state index contributed by atoms with van der Waals surface area (Å²) < 4.78 is 32.6. The molecule has 0 aliphatic carbocycles. The molecule has 1 aliphatic rings. The number of ether oxygens (including phenoxy) is 1. The molecule has 1 aromatic carbocycles. The quantitative estimate of drug-likeness (QED) is 0.814. The molecule has 1 aliphatic heterocycles. The SMILES string of the molecule is COc1ccc(F)c([C@@H](C)NC(=O)N2CCN(c3ccnc(F)c3)C[C@H]2C)c1. The fourth-order valence-corrected chi connectivity index (χ4v) is 3.41. The number of nitrogens with one attached hydrogen (secondary N) is 1. The first-order valence-corrected chi connectivity index (χ1v) is 9.16. The molecule has 6 nitrogen and oxygen atoms in total. The van der Waals surface area contributed by atoms with E-state index >= 15 is 0 Å². The van der Waals surface area contributed by atoms with Gasteiger partial charge in [0.1, 0.15) is 11.6 Å². The van der Waals surface area contributed by atoms with E-state index in [1.54, 1.807) is 24.0 Å². The predicted molar refractivity (Wildman–Crippen MR) is 102 cm³/mol. The Morgan fingerprint density at radius 2 is 2.07 bits per heavy atom. The molecule has 150 valence electrons. The van der Waals surface area contributed by atoms with Crippen LogP contribution in [-0.4, -0.2) is 48.7 Å². The predicted octanol–water partition coefficient (Wildman–Crippen LogP) is 3.35. The Hall–Kier alpha value is -2.90. The average Bonchev–Trinajstić information content (AvgIpc) is 2.68. The van der Waals surface area contributed by atoms with E-state index in [0.29, 0.717) is 30.9 Å². The minimum absolute atomic E-state index is 0.0904. The maximum absolute atomic E-state index is 14.1. The van der Waals surface area contributed by atoms with Gasteiger partial charge in [-0.3, -0.25) is 0 Å². The zero-order valence-electron chi connectivity index (χ0n) is 16.2. The second kappa shape index (κ2) is 8.41. The summed E-state index contributed by atoms with van der Waals surface area (Å²) >= 11 is 0. The van der Waals surface area contributed by atoms with Gasteiger partial charge in [0.15, 0.2) is 0 Å². The molecule has 28 heavy (non-hydrogen) atoms. The lowest BCUT2D eigenvalue weighted by Crippen LogP contribution is -2.56. The van der Waals surface area contributed by atoms with Gasteiger partial charge in [-0.2, -0.15) is 4.39 Å². The fourth-order valence-electron chi connectivity index (χ4n) is 3.41. The second-order valence-corrected chi connectivity index (χ2v) is 6.88. The normalized spacial score (nSPS) is 18.0. The number of hydrogen-bond acceptors (Lipinski definition) is 4. The number of aromatic nitrogens is 1. The third-order valence-electron chi connectivity index (χ3n) is 4.97. The Kier molecular flexibility index (Phi) is 5.96. The number of methoxy groups -OCH3 is 1. The van der Waals surface area contributed by atoms with Crippen LogP contribution in [0.1, 0.15) is 25.5 Å². The van der Waals surface area contributed by atoms with Crippen LogP contribution < -0.4 is 15.0 Å². The van der Waals surface area contributed by atoms with Crippen LogP contribution in [-0.2, 0) is 0 Å². The third-order valence-corrected chi connectivity index (χ3v) is 4.97. The van der Waals surface area contributed by atoms with Crippen molar-refractivity contribution in [1.82, 2.24) is 15.2 Å². The Labute approximate surface area is 163 Å². The fraction of sp³-hybridized carbons (Fsp3) is 0.400. The van der Waals surface area contributed by atoms with E-state index in [1.807, 2.05) is 11.8 Å². The first kappa shape index (κ1) is 19.9. The summed E-state index contributed by atoms with van der Waals surface area (Å²) in [5, 5.41) is 2.86. The summed E-state index contributed by atoms with van der Waals surface area (Å²) in [6.07, 6.45) is 1.43. The van der Waals surface area contributed by atoms with Crippen molar-refractivity contribution in [3.05, 3.63) is 53.9 Å². The maximum Gasteiger partial charge on any atom is 0.318 e. The van der Waals surface area contributed by atoms with Gasteiger partial charge in [0, 0.05) is 49.2 Å². The van der Waals surface area contributed by atoms with Crippen LogP contribution in [0.25, 0.3) is 0 Å². The standard InChI is InChI=1S/C20H24F2N4O2/c1-13-12-25(15-6-7-23-19(22)10-15)8-9-26(13)20(27)24-14(2)17-11-16(28-3)4-5-18(17)21/h4-7,10-11,13-14H,8-9,12H2,1-3H3,(H,24,27)/t13-,14-/m1/s1. The highest BCUT2D eigenvalue weighted by molar-refractivity contribution is 5.75. The molecule has 8 heteroatoms. The van der Waals surface area contributed by atoms with Gasteiger partial charge in [-0.1, -0.05) is 0 Å². The van der Waals surface area contributed by atoms with Crippen LogP contribution in [0.3, 0.4) is 0 Å². The zero-order valence-corrected chi connectivity index (χ0v) is 16.2. The molecular weight excluding hydrogens is 366 g/mol. The Bertz CT molecular complexity index is 849. The summed E-state index contributed by atoms with van der Waals surface area (Å²) in [7, 11) is 1.51. The van der Waals surface area contributed by atoms with Gasteiger partial charge in [0.2, 0.25) is 5.95 Å². The number of benzene rings is 1. The first-order chi connectivity index (χ1) is 13.4. The van der Waals surface area contributed by atoms with Gasteiger partial charge in [0.05, 0.1) is 13.2 Å². The van der Waals surface area contributed by atoms with Gasteiger partial charge < -0.3 is 19.9 Å². The number of amides is 2. The molecule has 2 aromatic rings. The molecule has 0 saturated carbocycles. The van der Waals surface area contributed by atoms with Crippen molar-refractivity contribution in [3.63, 3.8) is 0 Å². The van der Waals surface area contributed by atoms with Crippen molar-refractivity contribution < 1.29 is 18.3 Å². The maximum atomic E-state index is 14.1. The van der Waals surface area contributed by atoms with E-state index in [4.69, 9.17) is 4.74 Å². The molecule has 2 atom stereocenters. The van der Waals surface area contributed by atoms with Crippen molar-refractivity contribution in [2.45, 2.75) is 25.9 Å². The zero-order chi connectivity index (χ0) is 20.3. The molecule has 0 spiro atoms. The smallest absolute Gasteiger partial charge is 0.318 e. The summed E-state index contributed by atoms with van der Waals surface area (Å²) in [4.78, 5) is 20.0. The third kappa shape index (κ3) is 4.32. The molecule has 2 amide bonds. The number of carbonyl (C=O) groups excluding carboxylic acids is 1. The summed E-state index contributed by atoms with van der Waals surface area (Å²) in [6.45, 7) is 5.28. The number of hydrogen-bond donors (Lipinski definition) is 1. The minimum Gasteiger partial charge on any atom is -0.497 e. The summed E-state index contributed by atoms with van der Waals surface area (Å²) in [5.41, 5.74) is 1.11. The molecule has 0 unspecified atom stereocenters. The number of anilines is 1. The van der Waals surface area contributed by atoms with Crippen molar-refractivity contribution in [2.24, 2.45) is 0 Å². The number of halogens is 2.